The first kappa shape index (κ1) is 13.4. The molecule has 0 bridgehead atoms. The molecule has 0 aromatic heterocycles. The van der Waals surface area contributed by atoms with Crippen molar-refractivity contribution in [3.63, 3.8) is 0 Å². The fourth-order valence-corrected chi connectivity index (χ4v) is 2.58. The summed E-state index contributed by atoms with van der Waals surface area (Å²) in [7, 11) is 1.63. The lowest BCUT2D eigenvalue weighted by Gasteiger charge is -2.24. The zero-order valence-corrected chi connectivity index (χ0v) is 11.7. The number of hydrogen-bond donors (Lipinski definition) is 2. The van der Waals surface area contributed by atoms with Crippen molar-refractivity contribution >= 4 is 18.0 Å². The van der Waals surface area contributed by atoms with Gasteiger partial charge in [0.15, 0.2) is 5.78 Å². The Bertz CT molecular complexity index is 659. The van der Waals surface area contributed by atoms with Gasteiger partial charge < -0.3 is 10.5 Å². The molecule has 0 saturated heterocycles. The number of ether oxygens (including phenoxy) is 1. The molecule has 0 amide bonds. The molecule has 1 aliphatic carbocycles. The van der Waals surface area contributed by atoms with Crippen LogP contribution in [0.3, 0.4) is 0 Å². The van der Waals surface area contributed by atoms with E-state index in [0.29, 0.717) is 18.4 Å². The van der Waals surface area contributed by atoms with Crippen LogP contribution in [-0.2, 0) is 4.79 Å². The van der Waals surface area contributed by atoms with Crippen LogP contribution < -0.4 is 15.9 Å². The second kappa shape index (κ2) is 5.40. The fraction of sp³-hybridized carbons (Fsp3) is 0.267. The Morgan fingerprint density at radius 2 is 2.05 bits per heavy atom. The number of carbonyl (C=O) groups is 1. The lowest BCUT2D eigenvalue weighted by Crippen LogP contribution is -2.24. The highest BCUT2D eigenvalue weighted by Crippen LogP contribution is 2.34. The average Bonchev–Trinajstić information content (AvgIpc) is 2.70. The Hall–Kier alpha value is -2.63. The van der Waals surface area contributed by atoms with Gasteiger partial charge >= 0.3 is 0 Å². The number of carbonyl (C=O) groups excluding carboxylic acids is 1. The number of allylic oxidation sites excluding steroid dienone is 2. The molecule has 0 spiro atoms. The van der Waals surface area contributed by atoms with Gasteiger partial charge in [-0.25, -0.2) is 4.99 Å². The van der Waals surface area contributed by atoms with Crippen LogP contribution in [0.1, 0.15) is 24.3 Å². The number of hydrazone groups is 1. The summed E-state index contributed by atoms with van der Waals surface area (Å²) in [4.78, 5) is 16.2. The number of guanidine groups is 1. The summed E-state index contributed by atoms with van der Waals surface area (Å²) in [6, 6.07) is 7.79. The zero-order chi connectivity index (χ0) is 14.8. The Labute approximate surface area is 122 Å². The minimum Gasteiger partial charge on any atom is -0.497 e. The third-order valence-electron chi connectivity index (χ3n) is 3.73. The van der Waals surface area contributed by atoms with E-state index in [1.807, 2.05) is 24.3 Å². The number of hydrogen-bond acceptors (Lipinski definition) is 6. The maximum Gasteiger partial charge on any atom is 0.237 e. The number of rotatable bonds is 2. The van der Waals surface area contributed by atoms with E-state index < -0.39 is 0 Å². The van der Waals surface area contributed by atoms with Crippen LogP contribution in [-0.4, -0.2) is 25.1 Å². The Morgan fingerprint density at radius 1 is 1.29 bits per heavy atom. The van der Waals surface area contributed by atoms with Gasteiger partial charge in [-0.1, -0.05) is 12.1 Å². The van der Waals surface area contributed by atoms with Gasteiger partial charge in [0.25, 0.3) is 0 Å². The summed E-state index contributed by atoms with van der Waals surface area (Å²) in [6.07, 6.45) is 2.66. The SMILES string of the molecule is COc1ccc(C2CC(=O)C3=C(C2)NN=C(N)N=C3)cc1. The van der Waals surface area contributed by atoms with E-state index in [0.717, 1.165) is 17.0 Å². The Kier molecular flexibility index (Phi) is 3.43. The molecule has 6 heteroatoms. The van der Waals surface area contributed by atoms with Gasteiger partial charge in [0.1, 0.15) is 5.75 Å². The van der Waals surface area contributed by atoms with E-state index in [4.69, 9.17) is 10.5 Å². The topological polar surface area (TPSA) is 89.1 Å². The zero-order valence-electron chi connectivity index (χ0n) is 11.7. The molecular weight excluding hydrogens is 268 g/mol. The van der Waals surface area contributed by atoms with Gasteiger partial charge in [-0.15, -0.1) is 5.10 Å². The van der Waals surface area contributed by atoms with Gasteiger partial charge in [-0.3, -0.25) is 10.2 Å². The van der Waals surface area contributed by atoms with Crippen molar-refractivity contribution in [1.82, 2.24) is 5.43 Å². The van der Waals surface area contributed by atoms with Crippen LogP contribution in [0.25, 0.3) is 0 Å². The standard InChI is InChI=1S/C15H16N4O2/c1-21-11-4-2-9(3-5-11)10-6-13-12(14(20)7-10)8-17-15(16)19-18-13/h2-5,8,10,18H,6-7H2,1H3,(H2,16,19). The molecule has 1 aliphatic heterocycles. The van der Waals surface area contributed by atoms with Crippen LogP contribution >= 0.6 is 0 Å². The van der Waals surface area contributed by atoms with E-state index in [1.165, 1.54) is 6.21 Å². The highest BCUT2D eigenvalue weighted by Gasteiger charge is 2.28. The molecule has 21 heavy (non-hydrogen) atoms. The van der Waals surface area contributed by atoms with Crippen LogP contribution in [0.2, 0.25) is 0 Å². The van der Waals surface area contributed by atoms with Crippen molar-refractivity contribution in [2.45, 2.75) is 18.8 Å². The number of ketones is 1. The molecule has 1 unspecified atom stereocenters. The smallest absolute Gasteiger partial charge is 0.237 e. The number of methoxy groups -OCH3 is 1. The number of nitrogens with two attached hydrogens (primary N) is 1. The summed E-state index contributed by atoms with van der Waals surface area (Å²) in [5.74, 6) is 1.10. The lowest BCUT2D eigenvalue weighted by molar-refractivity contribution is -0.115. The van der Waals surface area contributed by atoms with E-state index in [1.54, 1.807) is 7.11 Å². The normalized spacial score (nSPS) is 21.3. The number of benzene rings is 1. The number of aliphatic imine (C=N–C) groups is 1. The van der Waals surface area contributed by atoms with Gasteiger partial charge in [-0.05, 0) is 30.0 Å². The van der Waals surface area contributed by atoms with Crippen molar-refractivity contribution in [3.05, 3.63) is 41.1 Å². The predicted octanol–water partition coefficient (Wildman–Crippen LogP) is 1.30. The number of Topliss-reactive ketones (excluding diaryl/α,β-unsaturated/α-hetero) is 1. The molecule has 1 aromatic carbocycles. The minimum absolute atomic E-state index is 0.0539. The summed E-state index contributed by atoms with van der Waals surface area (Å²) >= 11 is 0. The first-order chi connectivity index (χ1) is 10.2. The lowest BCUT2D eigenvalue weighted by atomic mass is 9.82. The van der Waals surface area contributed by atoms with Crippen LogP contribution in [0.4, 0.5) is 0 Å². The van der Waals surface area contributed by atoms with Gasteiger partial charge in [0.05, 0.1) is 12.7 Å². The Morgan fingerprint density at radius 3 is 2.76 bits per heavy atom. The third kappa shape index (κ3) is 2.65. The van der Waals surface area contributed by atoms with Crippen molar-refractivity contribution in [2.75, 3.05) is 7.11 Å². The monoisotopic (exact) mass is 284 g/mol. The number of nitrogens with zero attached hydrogens (tertiary/aromatic N) is 2. The third-order valence-corrected chi connectivity index (χ3v) is 3.73. The quantitative estimate of drug-likeness (QED) is 0.856. The molecule has 1 aromatic rings. The molecule has 1 atom stereocenters. The van der Waals surface area contributed by atoms with Crippen molar-refractivity contribution in [1.29, 1.82) is 0 Å². The molecule has 3 rings (SSSR count). The summed E-state index contributed by atoms with van der Waals surface area (Å²) in [5, 5.41) is 3.91. The predicted molar refractivity (Wildman–Crippen MR) is 80.3 cm³/mol. The largest absolute Gasteiger partial charge is 0.497 e. The highest BCUT2D eigenvalue weighted by atomic mass is 16.5. The van der Waals surface area contributed by atoms with Crippen LogP contribution in [0, 0.1) is 0 Å². The Balaban J connectivity index is 1.86. The van der Waals surface area contributed by atoms with Crippen LogP contribution in [0.15, 0.2) is 45.6 Å². The van der Waals surface area contributed by atoms with E-state index in [-0.39, 0.29) is 17.7 Å². The second-order valence-electron chi connectivity index (χ2n) is 5.03. The van der Waals surface area contributed by atoms with Crippen molar-refractivity contribution < 1.29 is 9.53 Å². The molecule has 0 radical (unpaired) electrons. The van der Waals surface area contributed by atoms with E-state index >= 15 is 0 Å². The first-order valence-corrected chi connectivity index (χ1v) is 6.71. The van der Waals surface area contributed by atoms with Crippen molar-refractivity contribution in [3.8, 4) is 5.75 Å². The molecule has 3 N–H and O–H groups in total. The first-order valence-electron chi connectivity index (χ1n) is 6.71. The minimum atomic E-state index is 0.0539. The molecule has 1 heterocycles. The van der Waals surface area contributed by atoms with E-state index in [2.05, 4.69) is 15.5 Å². The average molecular weight is 284 g/mol. The highest BCUT2D eigenvalue weighted by molar-refractivity contribution is 6.16. The van der Waals surface area contributed by atoms with Gasteiger partial charge in [0.2, 0.25) is 5.96 Å². The molecule has 6 nitrogen and oxygen atoms in total. The molecule has 0 fully saturated rings. The second-order valence-corrected chi connectivity index (χ2v) is 5.03. The van der Waals surface area contributed by atoms with E-state index in [9.17, 15) is 4.79 Å². The molecule has 108 valence electrons. The van der Waals surface area contributed by atoms with Crippen molar-refractivity contribution in [2.24, 2.45) is 15.8 Å². The summed E-state index contributed by atoms with van der Waals surface area (Å²) < 4.78 is 5.15. The molecule has 2 aliphatic rings. The summed E-state index contributed by atoms with van der Waals surface area (Å²) in [6.45, 7) is 0. The maximum absolute atomic E-state index is 12.3. The van der Waals surface area contributed by atoms with Gasteiger partial charge in [0, 0.05) is 18.3 Å². The number of nitrogens with one attached hydrogen (secondary N) is 1. The fourth-order valence-electron chi connectivity index (χ4n) is 2.58. The maximum atomic E-state index is 12.3. The summed E-state index contributed by atoms with van der Waals surface area (Å²) in [5.41, 5.74) is 10.9. The van der Waals surface area contributed by atoms with Gasteiger partial charge in [-0.2, -0.15) is 0 Å². The molecule has 0 saturated carbocycles. The van der Waals surface area contributed by atoms with Crippen LogP contribution in [0.5, 0.6) is 5.75 Å². The molecular formula is C15H16N4O2.